The summed E-state index contributed by atoms with van der Waals surface area (Å²) >= 11 is 0. The molecule has 1 aromatic heterocycles. The van der Waals surface area contributed by atoms with E-state index in [0.717, 1.165) is 30.5 Å². The molecule has 152 valence electrons. The van der Waals surface area contributed by atoms with Gasteiger partial charge in [0.25, 0.3) is 0 Å². The lowest BCUT2D eigenvalue weighted by molar-refractivity contribution is -0.117. The largest absolute Gasteiger partial charge is 0.444 e. The molecule has 1 saturated heterocycles. The number of hydrogen-bond acceptors (Lipinski definition) is 3. The maximum atomic E-state index is 12.5. The number of fused-ring (bicyclic) bond motifs is 1. The minimum atomic E-state index is -0.479. The van der Waals surface area contributed by atoms with Crippen molar-refractivity contribution in [3.63, 3.8) is 0 Å². The Hall–Kier alpha value is -2.50. The second-order valence-corrected chi connectivity index (χ2v) is 8.54. The van der Waals surface area contributed by atoms with Crippen molar-refractivity contribution >= 4 is 28.6 Å². The molecule has 28 heavy (non-hydrogen) atoms. The third-order valence-electron chi connectivity index (χ3n) is 5.14. The Kier molecular flexibility index (Phi) is 5.96. The van der Waals surface area contributed by atoms with E-state index in [0.29, 0.717) is 25.4 Å². The summed E-state index contributed by atoms with van der Waals surface area (Å²) in [6.07, 6.45) is 3.93. The summed E-state index contributed by atoms with van der Waals surface area (Å²) in [5, 5.41) is 4.15. The molecule has 0 unspecified atom stereocenters. The number of nitrogens with zero attached hydrogens (tertiary/aromatic N) is 2. The van der Waals surface area contributed by atoms with Gasteiger partial charge < -0.3 is 19.5 Å². The van der Waals surface area contributed by atoms with Gasteiger partial charge in [0, 0.05) is 48.8 Å². The van der Waals surface area contributed by atoms with E-state index in [-0.39, 0.29) is 12.0 Å². The molecule has 6 nitrogen and oxygen atoms in total. The molecule has 0 saturated carbocycles. The molecule has 0 atom stereocenters. The fourth-order valence-electron chi connectivity index (χ4n) is 3.67. The van der Waals surface area contributed by atoms with Crippen LogP contribution in [0, 0.1) is 5.92 Å². The average molecular weight is 386 g/mol. The zero-order valence-corrected chi connectivity index (χ0v) is 17.3. The quantitative estimate of drug-likeness (QED) is 0.834. The number of carbonyl (C=O) groups is 2. The van der Waals surface area contributed by atoms with Gasteiger partial charge in [-0.15, -0.1) is 0 Å². The first-order chi connectivity index (χ1) is 13.2. The maximum absolute atomic E-state index is 12.5. The van der Waals surface area contributed by atoms with E-state index >= 15 is 0 Å². The van der Waals surface area contributed by atoms with Gasteiger partial charge in [-0.25, -0.2) is 4.79 Å². The summed E-state index contributed by atoms with van der Waals surface area (Å²) in [6, 6.07) is 8.09. The van der Waals surface area contributed by atoms with Crippen molar-refractivity contribution in [2.24, 2.45) is 5.92 Å². The van der Waals surface area contributed by atoms with Crippen molar-refractivity contribution in [1.82, 2.24) is 9.47 Å². The van der Waals surface area contributed by atoms with E-state index in [1.165, 1.54) is 5.52 Å². The minimum Gasteiger partial charge on any atom is -0.444 e. The molecule has 1 aromatic carbocycles. The third-order valence-corrected chi connectivity index (χ3v) is 5.14. The third kappa shape index (κ3) is 5.06. The first kappa shape index (κ1) is 20.2. The van der Waals surface area contributed by atoms with Crippen molar-refractivity contribution in [3.8, 4) is 0 Å². The van der Waals surface area contributed by atoms with Crippen molar-refractivity contribution in [2.45, 2.75) is 59.1 Å². The maximum Gasteiger partial charge on any atom is 0.410 e. The number of piperidine rings is 1. The number of hydrogen-bond donors (Lipinski definition) is 1. The SMILES string of the molecule is CCn1ccc2cc(NC(=O)CC3CCN(C(=O)OC(C)(C)C)CC3)ccc21. The Morgan fingerprint density at radius 1 is 1.18 bits per heavy atom. The number of rotatable bonds is 4. The van der Waals surface area contributed by atoms with Gasteiger partial charge in [0.05, 0.1) is 0 Å². The lowest BCUT2D eigenvalue weighted by Gasteiger charge is -2.33. The monoisotopic (exact) mass is 385 g/mol. The standard InChI is InChI=1S/C22H31N3O3/c1-5-24-13-10-17-15-18(6-7-19(17)24)23-20(26)14-16-8-11-25(12-9-16)21(27)28-22(2,3)4/h6-7,10,13,15-16H,5,8-9,11-12,14H2,1-4H3,(H,23,26). The predicted octanol–water partition coefficient (Wildman–Crippen LogP) is 4.64. The molecule has 0 aliphatic carbocycles. The Bertz CT molecular complexity index is 842. The van der Waals surface area contributed by atoms with Crippen LogP contribution in [-0.2, 0) is 16.1 Å². The van der Waals surface area contributed by atoms with E-state index in [2.05, 4.69) is 29.1 Å². The molecule has 1 fully saturated rings. The van der Waals surface area contributed by atoms with Crippen molar-refractivity contribution in [2.75, 3.05) is 18.4 Å². The number of anilines is 1. The van der Waals surface area contributed by atoms with E-state index in [1.807, 2.05) is 39.0 Å². The van der Waals surface area contributed by atoms with Crippen LogP contribution >= 0.6 is 0 Å². The molecular weight excluding hydrogens is 354 g/mol. The van der Waals surface area contributed by atoms with Gasteiger partial charge in [-0.3, -0.25) is 4.79 Å². The van der Waals surface area contributed by atoms with Gasteiger partial charge in [-0.05, 0) is 70.7 Å². The number of likely N-dealkylation sites (tertiary alicyclic amines) is 1. The van der Waals surface area contributed by atoms with Gasteiger partial charge >= 0.3 is 6.09 Å². The first-order valence-electron chi connectivity index (χ1n) is 10.1. The summed E-state index contributed by atoms with van der Waals surface area (Å²) < 4.78 is 7.60. The molecule has 6 heteroatoms. The Morgan fingerprint density at radius 2 is 1.89 bits per heavy atom. The molecule has 2 amide bonds. The second kappa shape index (κ2) is 8.25. The van der Waals surface area contributed by atoms with E-state index in [1.54, 1.807) is 4.90 Å². The van der Waals surface area contributed by atoms with Crippen molar-refractivity contribution < 1.29 is 14.3 Å². The Labute approximate surface area is 166 Å². The van der Waals surface area contributed by atoms with E-state index < -0.39 is 5.60 Å². The molecule has 3 rings (SSSR count). The number of nitrogens with one attached hydrogen (secondary N) is 1. The van der Waals surface area contributed by atoms with Gasteiger partial charge in [0.15, 0.2) is 0 Å². The lowest BCUT2D eigenvalue weighted by atomic mass is 9.93. The van der Waals surface area contributed by atoms with Gasteiger partial charge in [-0.1, -0.05) is 0 Å². The summed E-state index contributed by atoms with van der Waals surface area (Å²) in [5.41, 5.74) is 1.53. The zero-order chi connectivity index (χ0) is 20.3. The summed E-state index contributed by atoms with van der Waals surface area (Å²) in [4.78, 5) is 26.3. The summed E-state index contributed by atoms with van der Waals surface area (Å²) in [7, 11) is 0. The van der Waals surface area contributed by atoms with E-state index in [4.69, 9.17) is 4.74 Å². The summed E-state index contributed by atoms with van der Waals surface area (Å²) in [5.74, 6) is 0.327. The lowest BCUT2D eigenvalue weighted by Crippen LogP contribution is -2.42. The number of aromatic nitrogens is 1. The number of benzene rings is 1. The fraction of sp³-hybridized carbons (Fsp3) is 0.545. The van der Waals surface area contributed by atoms with Gasteiger partial charge in [-0.2, -0.15) is 0 Å². The van der Waals surface area contributed by atoms with Gasteiger partial charge in [0.1, 0.15) is 5.60 Å². The highest BCUT2D eigenvalue weighted by Crippen LogP contribution is 2.24. The number of ether oxygens (including phenoxy) is 1. The average Bonchev–Trinajstić information content (AvgIpc) is 3.03. The van der Waals surface area contributed by atoms with Crippen LogP contribution in [0.5, 0.6) is 0 Å². The van der Waals surface area contributed by atoms with Crippen LogP contribution in [0.2, 0.25) is 0 Å². The van der Waals surface area contributed by atoms with E-state index in [9.17, 15) is 9.59 Å². The molecule has 1 N–H and O–H groups in total. The van der Waals surface area contributed by atoms with Gasteiger partial charge in [0.2, 0.25) is 5.91 Å². The van der Waals surface area contributed by atoms with Crippen molar-refractivity contribution in [3.05, 3.63) is 30.5 Å². The summed E-state index contributed by atoms with van der Waals surface area (Å²) in [6.45, 7) is 9.94. The molecule has 1 aliphatic heterocycles. The molecule has 2 heterocycles. The normalized spacial score (nSPS) is 15.6. The van der Waals surface area contributed by atoms with Crippen LogP contribution in [0.15, 0.2) is 30.5 Å². The Balaban J connectivity index is 1.49. The number of amides is 2. The number of carbonyl (C=O) groups excluding carboxylic acids is 2. The zero-order valence-electron chi connectivity index (χ0n) is 17.3. The highest BCUT2D eigenvalue weighted by atomic mass is 16.6. The van der Waals surface area contributed by atoms with Crippen LogP contribution in [-0.4, -0.2) is 40.2 Å². The number of aryl methyl sites for hydroxylation is 1. The fourth-order valence-corrected chi connectivity index (χ4v) is 3.67. The van der Waals surface area contributed by atoms with Crippen LogP contribution in [0.25, 0.3) is 10.9 Å². The Morgan fingerprint density at radius 3 is 2.54 bits per heavy atom. The second-order valence-electron chi connectivity index (χ2n) is 8.54. The molecule has 2 aromatic rings. The predicted molar refractivity (Wildman–Crippen MR) is 111 cm³/mol. The topological polar surface area (TPSA) is 63.6 Å². The highest BCUT2D eigenvalue weighted by molar-refractivity contribution is 5.94. The molecule has 0 radical (unpaired) electrons. The minimum absolute atomic E-state index is 0.0324. The van der Waals surface area contributed by atoms with Crippen LogP contribution in [0.1, 0.15) is 47.0 Å². The molecule has 0 spiro atoms. The smallest absolute Gasteiger partial charge is 0.410 e. The van der Waals surface area contributed by atoms with Crippen LogP contribution in [0.4, 0.5) is 10.5 Å². The highest BCUT2D eigenvalue weighted by Gasteiger charge is 2.27. The molecular formula is C22H31N3O3. The first-order valence-corrected chi connectivity index (χ1v) is 10.1. The molecule has 1 aliphatic rings. The van der Waals surface area contributed by atoms with Crippen LogP contribution in [0.3, 0.4) is 0 Å². The van der Waals surface area contributed by atoms with Crippen LogP contribution < -0.4 is 5.32 Å². The van der Waals surface area contributed by atoms with Crippen molar-refractivity contribution in [1.29, 1.82) is 0 Å². The molecule has 0 bridgehead atoms.